The van der Waals surface area contributed by atoms with Crippen molar-refractivity contribution in [2.75, 3.05) is 19.0 Å². The molecule has 0 atom stereocenters. The molecule has 23 heavy (non-hydrogen) atoms. The molecule has 0 aromatic carbocycles. The average Bonchev–Trinajstić information content (AvgIpc) is 3.19. The fourth-order valence-electron chi connectivity index (χ4n) is 3.25. The van der Waals surface area contributed by atoms with Crippen molar-refractivity contribution < 1.29 is 19.1 Å². The zero-order valence-corrected chi connectivity index (χ0v) is 13.6. The standard InChI is InChI=1S/C14H18N4O4S/c1-22-8-10-16-17-13(23-10)15-9(19)7-18-11(20)6-14(12(18)21)4-2-3-5-14/h2-8H2,1H3,(H,15,17,19). The van der Waals surface area contributed by atoms with E-state index in [2.05, 4.69) is 15.5 Å². The van der Waals surface area contributed by atoms with Crippen LogP contribution in [0.2, 0.25) is 0 Å². The highest BCUT2D eigenvalue weighted by atomic mass is 32.1. The number of carbonyl (C=O) groups excluding carboxylic acids is 3. The van der Waals surface area contributed by atoms with E-state index in [1.165, 1.54) is 11.3 Å². The molecule has 0 radical (unpaired) electrons. The summed E-state index contributed by atoms with van der Waals surface area (Å²) in [6.45, 7) is 0.0533. The van der Waals surface area contributed by atoms with Gasteiger partial charge in [-0.2, -0.15) is 0 Å². The zero-order valence-electron chi connectivity index (χ0n) is 12.8. The Kier molecular flexibility index (Phi) is 4.40. The monoisotopic (exact) mass is 338 g/mol. The Morgan fingerprint density at radius 2 is 2.09 bits per heavy atom. The molecular weight excluding hydrogens is 320 g/mol. The highest BCUT2D eigenvalue weighted by Crippen LogP contribution is 2.46. The maximum absolute atomic E-state index is 12.5. The molecule has 1 aliphatic carbocycles. The molecule has 8 nitrogen and oxygen atoms in total. The van der Waals surface area contributed by atoms with Gasteiger partial charge in [0.1, 0.15) is 18.2 Å². The van der Waals surface area contributed by atoms with Crippen LogP contribution in [-0.2, 0) is 25.7 Å². The van der Waals surface area contributed by atoms with Crippen molar-refractivity contribution in [3.63, 3.8) is 0 Å². The van der Waals surface area contributed by atoms with Gasteiger partial charge in [0.25, 0.3) is 0 Å². The largest absolute Gasteiger partial charge is 0.377 e. The van der Waals surface area contributed by atoms with E-state index in [0.29, 0.717) is 16.7 Å². The van der Waals surface area contributed by atoms with Crippen molar-refractivity contribution in [3.8, 4) is 0 Å². The van der Waals surface area contributed by atoms with E-state index >= 15 is 0 Å². The first kappa shape index (κ1) is 16.0. The Balaban J connectivity index is 1.61. The first-order valence-corrected chi connectivity index (χ1v) is 8.32. The number of amides is 3. The molecule has 3 amide bonds. The first-order valence-electron chi connectivity index (χ1n) is 7.50. The van der Waals surface area contributed by atoms with Crippen molar-refractivity contribution in [3.05, 3.63) is 5.01 Å². The fourth-order valence-corrected chi connectivity index (χ4v) is 3.98. The van der Waals surface area contributed by atoms with Crippen molar-refractivity contribution in [2.45, 2.75) is 38.7 Å². The number of hydrogen-bond donors (Lipinski definition) is 1. The minimum Gasteiger partial charge on any atom is -0.377 e. The van der Waals surface area contributed by atoms with Gasteiger partial charge in [0.05, 0.1) is 5.41 Å². The van der Waals surface area contributed by atoms with E-state index in [0.717, 1.165) is 30.6 Å². The summed E-state index contributed by atoms with van der Waals surface area (Å²) in [4.78, 5) is 37.8. The molecular formula is C14H18N4O4S. The fraction of sp³-hybridized carbons (Fsp3) is 0.643. The molecule has 2 aliphatic rings. The lowest BCUT2D eigenvalue weighted by molar-refractivity contribution is -0.143. The van der Waals surface area contributed by atoms with E-state index in [4.69, 9.17) is 4.74 Å². The second-order valence-electron chi connectivity index (χ2n) is 5.93. The molecule has 0 unspecified atom stereocenters. The van der Waals surface area contributed by atoms with E-state index in [1.807, 2.05) is 0 Å². The van der Waals surface area contributed by atoms with Gasteiger partial charge in [0.2, 0.25) is 22.9 Å². The number of carbonyl (C=O) groups is 3. The third-order valence-electron chi connectivity index (χ3n) is 4.33. The van der Waals surface area contributed by atoms with Crippen LogP contribution in [0, 0.1) is 5.41 Å². The molecule has 1 aromatic heterocycles. The van der Waals surface area contributed by atoms with Crippen LogP contribution in [0.5, 0.6) is 0 Å². The van der Waals surface area contributed by atoms with Gasteiger partial charge in [0, 0.05) is 13.5 Å². The van der Waals surface area contributed by atoms with Crippen LogP contribution >= 0.6 is 11.3 Å². The topological polar surface area (TPSA) is 101 Å². The summed E-state index contributed by atoms with van der Waals surface area (Å²) < 4.78 is 4.93. The van der Waals surface area contributed by atoms with Crippen LogP contribution in [0.25, 0.3) is 0 Å². The van der Waals surface area contributed by atoms with Crippen LogP contribution in [0.4, 0.5) is 5.13 Å². The summed E-state index contributed by atoms with van der Waals surface area (Å²) in [6, 6.07) is 0. The third kappa shape index (κ3) is 3.11. The summed E-state index contributed by atoms with van der Waals surface area (Å²) >= 11 is 1.20. The number of nitrogens with zero attached hydrogens (tertiary/aromatic N) is 3. The second kappa shape index (κ2) is 6.32. The summed E-state index contributed by atoms with van der Waals surface area (Å²) in [5, 5.41) is 11.2. The number of ether oxygens (including phenoxy) is 1. The number of hydrogen-bond acceptors (Lipinski definition) is 7. The Bertz CT molecular complexity index is 638. The van der Waals surface area contributed by atoms with Crippen molar-refractivity contribution in [1.29, 1.82) is 0 Å². The molecule has 0 bridgehead atoms. The number of anilines is 1. The van der Waals surface area contributed by atoms with Crippen LogP contribution in [0.1, 0.15) is 37.1 Å². The molecule has 1 N–H and O–H groups in total. The molecule has 124 valence electrons. The SMILES string of the molecule is COCc1nnc(NC(=O)CN2C(=O)CC3(CCCC3)C2=O)s1. The van der Waals surface area contributed by atoms with Gasteiger partial charge in [-0.3, -0.25) is 24.6 Å². The lowest BCUT2D eigenvalue weighted by Gasteiger charge is -2.20. The predicted molar refractivity (Wildman–Crippen MR) is 81.5 cm³/mol. The number of imide groups is 1. The molecule has 2 heterocycles. The maximum Gasteiger partial charge on any atom is 0.246 e. The molecule has 9 heteroatoms. The number of aromatic nitrogens is 2. The molecule has 2 fully saturated rings. The van der Waals surface area contributed by atoms with E-state index in [-0.39, 0.29) is 24.8 Å². The predicted octanol–water partition coefficient (Wildman–Crippen LogP) is 0.942. The van der Waals surface area contributed by atoms with Gasteiger partial charge in [-0.15, -0.1) is 10.2 Å². The molecule has 1 saturated heterocycles. The van der Waals surface area contributed by atoms with Gasteiger partial charge >= 0.3 is 0 Å². The van der Waals surface area contributed by atoms with Crippen LogP contribution in [0.3, 0.4) is 0 Å². The van der Waals surface area contributed by atoms with Crippen LogP contribution < -0.4 is 5.32 Å². The Morgan fingerprint density at radius 3 is 2.78 bits per heavy atom. The molecule has 1 aromatic rings. The van der Waals surface area contributed by atoms with E-state index < -0.39 is 11.3 Å². The number of nitrogens with one attached hydrogen (secondary N) is 1. The van der Waals surface area contributed by atoms with Gasteiger partial charge in [-0.25, -0.2) is 0 Å². The van der Waals surface area contributed by atoms with Crippen LogP contribution in [-0.4, -0.2) is 46.5 Å². The molecule has 1 saturated carbocycles. The highest BCUT2D eigenvalue weighted by Gasteiger charge is 2.52. The van der Waals surface area contributed by atoms with Gasteiger partial charge in [-0.05, 0) is 12.8 Å². The van der Waals surface area contributed by atoms with Gasteiger partial charge < -0.3 is 4.74 Å². The van der Waals surface area contributed by atoms with Gasteiger partial charge in [-0.1, -0.05) is 24.2 Å². The van der Waals surface area contributed by atoms with Crippen molar-refractivity contribution >= 4 is 34.2 Å². The summed E-state index contributed by atoms with van der Waals surface area (Å²) in [6.07, 6.45) is 3.65. The molecule has 1 aliphatic heterocycles. The van der Waals surface area contributed by atoms with E-state index in [9.17, 15) is 14.4 Å². The summed E-state index contributed by atoms with van der Waals surface area (Å²) in [5.74, 6) is -0.904. The average molecular weight is 338 g/mol. The quantitative estimate of drug-likeness (QED) is 0.802. The number of likely N-dealkylation sites (tertiary alicyclic amines) is 1. The van der Waals surface area contributed by atoms with Crippen LogP contribution in [0.15, 0.2) is 0 Å². The van der Waals surface area contributed by atoms with Gasteiger partial charge in [0.15, 0.2) is 0 Å². The van der Waals surface area contributed by atoms with E-state index in [1.54, 1.807) is 7.11 Å². The number of rotatable bonds is 5. The second-order valence-corrected chi connectivity index (χ2v) is 6.99. The lowest BCUT2D eigenvalue weighted by Crippen LogP contribution is -2.39. The van der Waals surface area contributed by atoms with Crippen molar-refractivity contribution in [2.24, 2.45) is 5.41 Å². The summed E-state index contributed by atoms with van der Waals surface area (Å²) in [7, 11) is 1.54. The number of methoxy groups -OCH3 is 1. The minimum absolute atomic E-state index is 0.201. The smallest absolute Gasteiger partial charge is 0.246 e. The Morgan fingerprint density at radius 1 is 1.35 bits per heavy atom. The maximum atomic E-state index is 12.5. The Labute approximate surface area is 137 Å². The normalized spacial score (nSPS) is 19.8. The first-order chi connectivity index (χ1) is 11.0. The molecule has 3 rings (SSSR count). The Hall–Kier alpha value is -1.87. The third-order valence-corrected chi connectivity index (χ3v) is 5.15. The minimum atomic E-state index is -0.550. The summed E-state index contributed by atoms with van der Waals surface area (Å²) in [5.41, 5.74) is -0.550. The lowest BCUT2D eigenvalue weighted by atomic mass is 9.84. The van der Waals surface area contributed by atoms with Crippen molar-refractivity contribution in [1.82, 2.24) is 15.1 Å². The molecule has 1 spiro atoms. The zero-order chi connectivity index (χ0) is 16.4. The highest BCUT2D eigenvalue weighted by molar-refractivity contribution is 7.15.